The molecule has 0 unspecified atom stereocenters. The zero-order valence-corrected chi connectivity index (χ0v) is 34.9. The maximum atomic E-state index is 14.3. The minimum atomic E-state index is -0.343. The Balaban J connectivity index is 0.000000207. The molecule has 2 aliphatic rings. The first-order valence-electron chi connectivity index (χ1n) is 17.4. The molecule has 0 radical (unpaired) electrons. The number of fused-ring (bicyclic) bond motifs is 2. The van der Waals surface area contributed by atoms with Gasteiger partial charge in [0.15, 0.2) is 11.6 Å². The van der Waals surface area contributed by atoms with Gasteiger partial charge < -0.3 is 36.7 Å². The molecule has 2 atom stereocenters. The minimum Gasteiger partial charge on any atom is -0.377 e. The number of rotatable bonds is 5. The third-order valence-electron chi connectivity index (χ3n) is 9.55. The number of aromatic nitrogens is 8. The predicted octanol–water partition coefficient (Wildman–Crippen LogP) is 7.63. The van der Waals surface area contributed by atoms with Crippen molar-refractivity contribution in [2.45, 2.75) is 25.9 Å². The van der Waals surface area contributed by atoms with Crippen molar-refractivity contribution in [1.29, 1.82) is 0 Å². The van der Waals surface area contributed by atoms with E-state index in [2.05, 4.69) is 48.7 Å². The van der Waals surface area contributed by atoms with Crippen molar-refractivity contribution < 1.29 is 44.0 Å². The van der Waals surface area contributed by atoms with E-state index < -0.39 is 0 Å². The molecule has 2 fully saturated rings. The van der Waals surface area contributed by atoms with Crippen LogP contribution in [0.15, 0.2) is 73.2 Å². The van der Waals surface area contributed by atoms with Crippen LogP contribution in [0.5, 0.6) is 0 Å². The Morgan fingerprint density at radius 2 is 1.25 bits per heavy atom. The molecule has 56 heavy (non-hydrogen) atoms. The van der Waals surface area contributed by atoms with Gasteiger partial charge in [0.05, 0.1) is 49.9 Å². The third kappa shape index (κ3) is 8.60. The second kappa shape index (κ2) is 18.0. The van der Waals surface area contributed by atoms with E-state index in [0.717, 1.165) is 52.4 Å². The maximum Gasteiger partial charge on any atom is 0.163 e. The molecule has 2 saturated heterocycles. The van der Waals surface area contributed by atoms with Gasteiger partial charge in [-0.2, -0.15) is 5.10 Å². The fraction of sp³-hybridized carbons (Fsp3) is 0.282. The largest absolute Gasteiger partial charge is 0.377 e. The molecule has 0 spiro atoms. The number of aryl methyl sites for hydroxylation is 1. The molecule has 17 heteroatoms. The summed E-state index contributed by atoms with van der Waals surface area (Å²) in [7, 11) is 1.88. The van der Waals surface area contributed by atoms with Crippen LogP contribution in [0.2, 0.25) is 5.15 Å². The molecule has 294 valence electrons. The zero-order valence-electron chi connectivity index (χ0n) is 31.2. The number of nitrogens with one attached hydrogen (secondary N) is 2. The molecule has 5 aromatic heterocycles. The van der Waals surface area contributed by atoms with Gasteiger partial charge in [0.2, 0.25) is 0 Å². The van der Waals surface area contributed by atoms with Crippen LogP contribution in [0.4, 0.5) is 25.1 Å². The number of hydrogen-bond donors (Lipinski definition) is 2. The van der Waals surface area contributed by atoms with Crippen LogP contribution in [-0.4, -0.2) is 91.3 Å². The van der Waals surface area contributed by atoms with Gasteiger partial charge in [-0.25, -0.2) is 28.7 Å². The third-order valence-corrected chi connectivity index (χ3v) is 9.74. The summed E-state index contributed by atoms with van der Waals surface area (Å²) in [6.07, 6.45) is 5.30. The van der Waals surface area contributed by atoms with Crippen molar-refractivity contribution in [2.75, 3.05) is 49.3 Å². The van der Waals surface area contributed by atoms with Gasteiger partial charge in [-0.05, 0) is 56.3 Å². The second-order valence-corrected chi connectivity index (χ2v) is 13.6. The van der Waals surface area contributed by atoms with E-state index in [9.17, 15) is 8.78 Å². The molecule has 2 N–H and O–H groups in total. The van der Waals surface area contributed by atoms with Crippen LogP contribution < -0.4 is 9.80 Å². The normalized spacial score (nSPS) is 16.8. The quantitative estimate of drug-likeness (QED) is 0.132. The van der Waals surface area contributed by atoms with Gasteiger partial charge in [-0.3, -0.25) is 9.39 Å². The molecule has 2 aliphatic heterocycles. The summed E-state index contributed by atoms with van der Waals surface area (Å²) in [5.74, 6) is 1.76. The van der Waals surface area contributed by atoms with Gasteiger partial charge in [-0.1, -0.05) is 11.6 Å². The Kier molecular flexibility index (Phi) is 13.6. The summed E-state index contributed by atoms with van der Waals surface area (Å²) in [4.78, 5) is 29.0. The van der Waals surface area contributed by atoms with Crippen molar-refractivity contribution in [3.05, 3.63) is 97.4 Å². The standard InChI is InChI=1S/C21H21FN6O.C17H16ClFN4O.CH3.FH.W/c1-13-12-29-8-7-28(13)20-11-18(19-4-6-24-27(19)2)25-21(26-20)16-9-14(22)10-17-15(16)3-5-23-17;1-10-9-24-5-4-23(10)16-8-15(18)21-17(22-16)13-6-11(19)7-14-12(13)2-3-20-14;;;/h3-6,9-11,13,23H,7-8,12H2,1-2H3;2-3,6-8,10,20H,4-5,9H2,1H3;1H3;1H;/q;;-1;;/t13-;10-;;;/m11.../s1. The molecule has 12 nitrogen and oxygen atoms in total. The Bertz CT molecular complexity index is 2420. The first-order valence-corrected chi connectivity index (χ1v) is 17.7. The fourth-order valence-electron chi connectivity index (χ4n) is 6.90. The molecule has 0 bridgehead atoms. The number of aromatic amines is 2. The molecule has 9 rings (SSSR count). The maximum absolute atomic E-state index is 14.3. The SMILES string of the molecule is C[C@@H]1COCCN1c1cc(-c2ccnn2C)nc(-c2cc(F)cc3[nH]ccc23)n1.C[C@@H]1COCCN1c1cc(Cl)nc(-c2cc(F)cc3[nH]ccc23)n1.F.[CH3-].[W]. The Morgan fingerprint density at radius 1 is 0.732 bits per heavy atom. The molecular formula is C39H41ClF3N10O2W-. The van der Waals surface area contributed by atoms with Crippen LogP contribution in [0.3, 0.4) is 0 Å². The number of anilines is 2. The van der Waals surface area contributed by atoms with E-state index in [1.807, 2.05) is 31.3 Å². The molecule has 0 saturated carbocycles. The number of H-pyrrole nitrogens is 2. The van der Waals surface area contributed by atoms with E-state index in [-0.39, 0.29) is 56.9 Å². The molecule has 7 aromatic rings. The van der Waals surface area contributed by atoms with Gasteiger partial charge in [0.25, 0.3) is 0 Å². The summed E-state index contributed by atoms with van der Waals surface area (Å²) < 4.78 is 41.1. The molecule has 0 amide bonds. The zero-order chi connectivity index (χ0) is 36.6. The smallest absolute Gasteiger partial charge is 0.163 e. The van der Waals surface area contributed by atoms with Crippen molar-refractivity contribution in [3.8, 4) is 34.2 Å². The summed E-state index contributed by atoms with van der Waals surface area (Å²) >= 11 is 6.22. The minimum absolute atomic E-state index is 0. The average molecular weight is 958 g/mol. The first-order chi connectivity index (χ1) is 25.7. The first kappa shape index (κ1) is 42.3. The topological polar surface area (TPSA) is 126 Å². The predicted molar refractivity (Wildman–Crippen MR) is 210 cm³/mol. The van der Waals surface area contributed by atoms with Crippen LogP contribution in [0.25, 0.3) is 56.0 Å². The van der Waals surface area contributed by atoms with Gasteiger partial charge in [-0.15, -0.1) is 0 Å². The van der Waals surface area contributed by atoms with Crippen LogP contribution >= 0.6 is 11.6 Å². The van der Waals surface area contributed by atoms with Gasteiger partial charge in [0.1, 0.15) is 28.4 Å². The molecule has 2 aromatic carbocycles. The average Bonchev–Trinajstić information content (AvgIpc) is 3.92. The van der Waals surface area contributed by atoms with Crippen molar-refractivity contribution in [2.24, 2.45) is 7.05 Å². The van der Waals surface area contributed by atoms with Crippen molar-refractivity contribution >= 4 is 45.0 Å². The molecular weight excluding hydrogens is 917 g/mol. The van der Waals surface area contributed by atoms with Gasteiger partial charge >= 0.3 is 0 Å². The van der Waals surface area contributed by atoms with Crippen LogP contribution in [0.1, 0.15) is 13.8 Å². The number of nitrogens with zero attached hydrogens (tertiary/aromatic N) is 8. The number of ether oxygens (including phenoxy) is 2. The van der Waals surface area contributed by atoms with Crippen LogP contribution in [0, 0.1) is 19.1 Å². The van der Waals surface area contributed by atoms with E-state index in [1.54, 1.807) is 29.3 Å². The summed E-state index contributed by atoms with van der Waals surface area (Å²) in [5.41, 5.74) is 4.32. The van der Waals surface area contributed by atoms with E-state index >= 15 is 0 Å². The second-order valence-electron chi connectivity index (χ2n) is 13.2. The number of halogens is 4. The number of hydrogen-bond acceptors (Lipinski definition) is 9. The summed E-state index contributed by atoms with van der Waals surface area (Å²) in [5, 5.41) is 6.35. The molecule has 0 aliphatic carbocycles. The Hall–Kier alpha value is -4.82. The monoisotopic (exact) mass is 957 g/mol. The summed E-state index contributed by atoms with van der Waals surface area (Å²) in [6, 6.07) is 15.7. The number of morpholine rings is 2. The summed E-state index contributed by atoms with van der Waals surface area (Å²) in [6.45, 7) is 8.22. The molecule has 7 heterocycles. The van der Waals surface area contributed by atoms with E-state index in [4.69, 9.17) is 31.0 Å². The van der Waals surface area contributed by atoms with Crippen LogP contribution in [-0.2, 0) is 37.6 Å². The fourth-order valence-corrected chi connectivity index (χ4v) is 7.08. The number of benzene rings is 2. The Labute approximate surface area is 341 Å². The van der Waals surface area contributed by atoms with Gasteiger partial charge in [0, 0.05) is 105 Å². The Morgan fingerprint density at radius 3 is 1.75 bits per heavy atom. The van der Waals surface area contributed by atoms with Crippen molar-refractivity contribution in [1.82, 2.24) is 39.7 Å². The van der Waals surface area contributed by atoms with Crippen molar-refractivity contribution in [3.63, 3.8) is 0 Å². The van der Waals surface area contributed by atoms with E-state index in [0.29, 0.717) is 59.9 Å². The van der Waals surface area contributed by atoms with E-state index in [1.165, 1.54) is 24.3 Å².